The summed E-state index contributed by atoms with van der Waals surface area (Å²) in [5.41, 5.74) is 6.43. The number of nitrogens with zero attached hydrogens (tertiary/aromatic N) is 2. The number of piperidine rings is 1. The third kappa shape index (κ3) is 3.04. The van der Waals surface area contributed by atoms with Crippen LogP contribution in [0.15, 0.2) is 12.1 Å². The number of hydrogen-bond donors (Lipinski definition) is 1. The Balaban J connectivity index is 2.17. The molecule has 5 nitrogen and oxygen atoms in total. The molecule has 2 rings (SSSR count). The van der Waals surface area contributed by atoms with Gasteiger partial charge in [-0.3, -0.25) is 9.59 Å². The van der Waals surface area contributed by atoms with Gasteiger partial charge in [-0.05, 0) is 31.9 Å². The molecule has 1 unspecified atom stereocenters. The SMILES string of the molecule is Cc1ccc(C(=O)N2CCCC(C(N)=O)C2)c(Cl)n1. The van der Waals surface area contributed by atoms with Crippen molar-refractivity contribution in [3.63, 3.8) is 0 Å². The first-order chi connectivity index (χ1) is 8.99. The Morgan fingerprint density at radius 2 is 2.21 bits per heavy atom. The average molecular weight is 282 g/mol. The normalized spacial score (nSPS) is 19.3. The average Bonchev–Trinajstić information content (AvgIpc) is 2.38. The predicted octanol–water partition coefficient (Wildman–Crippen LogP) is 1.38. The van der Waals surface area contributed by atoms with Crippen molar-refractivity contribution in [1.29, 1.82) is 0 Å². The molecule has 1 atom stereocenters. The third-order valence-corrected chi connectivity index (χ3v) is 3.62. The van der Waals surface area contributed by atoms with Crippen molar-refractivity contribution < 1.29 is 9.59 Å². The summed E-state index contributed by atoms with van der Waals surface area (Å²) in [6.45, 7) is 2.79. The fraction of sp³-hybridized carbons (Fsp3) is 0.462. The molecule has 19 heavy (non-hydrogen) atoms. The maximum absolute atomic E-state index is 12.3. The van der Waals surface area contributed by atoms with E-state index in [-0.39, 0.29) is 22.9 Å². The van der Waals surface area contributed by atoms with Crippen molar-refractivity contribution in [2.24, 2.45) is 11.7 Å². The largest absolute Gasteiger partial charge is 0.369 e. The smallest absolute Gasteiger partial charge is 0.257 e. The van der Waals surface area contributed by atoms with Gasteiger partial charge in [0.15, 0.2) is 0 Å². The highest BCUT2D eigenvalue weighted by Gasteiger charge is 2.28. The van der Waals surface area contributed by atoms with Gasteiger partial charge in [-0.25, -0.2) is 4.98 Å². The highest BCUT2D eigenvalue weighted by Crippen LogP contribution is 2.21. The highest BCUT2D eigenvalue weighted by atomic mass is 35.5. The van der Waals surface area contributed by atoms with Gasteiger partial charge >= 0.3 is 0 Å². The first-order valence-electron chi connectivity index (χ1n) is 6.21. The molecule has 1 aromatic heterocycles. The maximum Gasteiger partial charge on any atom is 0.257 e. The van der Waals surface area contributed by atoms with Crippen LogP contribution in [0, 0.1) is 12.8 Å². The minimum absolute atomic E-state index is 0.191. The lowest BCUT2D eigenvalue weighted by Crippen LogP contribution is -2.44. The second-order valence-electron chi connectivity index (χ2n) is 4.78. The van der Waals surface area contributed by atoms with Crippen LogP contribution in [0.5, 0.6) is 0 Å². The monoisotopic (exact) mass is 281 g/mol. The molecule has 1 saturated heterocycles. The van der Waals surface area contributed by atoms with Crippen LogP contribution in [0.1, 0.15) is 28.9 Å². The molecule has 2 amide bonds. The van der Waals surface area contributed by atoms with E-state index in [1.54, 1.807) is 17.0 Å². The number of likely N-dealkylation sites (tertiary alicyclic amines) is 1. The van der Waals surface area contributed by atoms with E-state index in [0.29, 0.717) is 18.7 Å². The van der Waals surface area contributed by atoms with Gasteiger partial charge in [-0.15, -0.1) is 0 Å². The first-order valence-corrected chi connectivity index (χ1v) is 6.58. The van der Waals surface area contributed by atoms with Crippen molar-refractivity contribution in [1.82, 2.24) is 9.88 Å². The third-order valence-electron chi connectivity index (χ3n) is 3.33. The lowest BCUT2D eigenvalue weighted by atomic mass is 9.97. The Morgan fingerprint density at radius 3 is 2.84 bits per heavy atom. The lowest BCUT2D eigenvalue weighted by molar-refractivity contribution is -0.123. The van der Waals surface area contributed by atoms with Crippen LogP contribution in [0.3, 0.4) is 0 Å². The van der Waals surface area contributed by atoms with Gasteiger partial charge in [0.1, 0.15) is 5.15 Å². The molecule has 2 N–H and O–H groups in total. The summed E-state index contributed by atoms with van der Waals surface area (Å²) in [7, 11) is 0. The summed E-state index contributed by atoms with van der Waals surface area (Å²) in [6.07, 6.45) is 1.51. The van der Waals surface area contributed by atoms with Crippen molar-refractivity contribution in [2.75, 3.05) is 13.1 Å². The number of carbonyl (C=O) groups is 2. The standard InChI is InChI=1S/C13H16ClN3O2/c1-8-4-5-10(11(14)16-8)13(19)17-6-2-3-9(7-17)12(15)18/h4-5,9H,2-3,6-7H2,1H3,(H2,15,18). The molecule has 0 aliphatic carbocycles. The van der Waals surface area contributed by atoms with Crippen LogP contribution in [-0.4, -0.2) is 34.8 Å². The molecule has 1 aliphatic heterocycles. The molecule has 0 radical (unpaired) electrons. The molecule has 0 bridgehead atoms. The Kier molecular flexibility index (Phi) is 4.04. The van der Waals surface area contributed by atoms with Crippen LogP contribution in [0.2, 0.25) is 5.15 Å². The van der Waals surface area contributed by atoms with Crippen LogP contribution >= 0.6 is 11.6 Å². The topological polar surface area (TPSA) is 76.3 Å². The van der Waals surface area contributed by atoms with E-state index in [0.717, 1.165) is 18.5 Å². The second kappa shape index (κ2) is 5.57. The van der Waals surface area contributed by atoms with Gasteiger partial charge in [0, 0.05) is 18.8 Å². The van der Waals surface area contributed by atoms with Crippen molar-refractivity contribution >= 4 is 23.4 Å². The van der Waals surface area contributed by atoms with E-state index in [2.05, 4.69) is 4.98 Å². The van der Waals surface area contributed by atoms with Crippen LogP contribution in [0.4, 0.5) is 0 Å². The zero-order valence-corrected chi connectivity index (χ0v) is 11.5. The number of rotatable bonds is 2. The van der Waals surface area contributed by atoms with Gasteiger partial charge in [-0.1, -0.05) is 11.6 Å². The second-order valence-corrected chi connectivity index (χ2v) is 5.14. The van der Waals surface area contributed by atoms with E-state index in [1.165, 1.54) is 0 Å². The first kappa shape index (κ1) is 13.8. The van der Waals surface area contributed by atoms with Gasteiger partial charge in [0.25, 0.3) is 5.91 Å². The van der Waals surface area contributed by atoms with Crippen molar-refractivity contribution in [2.45, 2.75) is 19.8 Å². The van der Waals surface area contributed by atoms with Crippen LogP contribution in [0.25, 0.3) is 0 Å². The number of primary amides is 1. The number of aromatic nitrogens is 1. The molecule has 1 fully saturated rings. The molecular weight excluding hydrogens is 266 g/mol. The Labute approximate surface area is 116 Å². The lowest BCUT2D eigenvalue weighted by Gasteiger charge is -2.31. The summed E-state index contributed by atoms with van der Waals surface area (Å²) in [4.78, 5) is 29.3. The van der Waals surface area contributed by atoms with E-state index < -0.39 is 0 Å². The molecule has 2 heterocycles. The highest BCUT2D eigenvalue weighted by molar-refractivity contribution is 6.32. The van der Waals surface area contributed by atoms with Gasteiger partial charge in [0.2, 0.25) is 5.91 Å². The summed E-state index contributed by atoms with van der Waals surface area (Å²) in [5.74, 6) is -0.816. The summed E-state index contributed by atoms with van der Waals surface area (Å²) >= 11 is 5.99. The van der Waals surface area contributed by atoms with Gasteiger partial charge in [-0.2, -0.15) is 0 Å². The zero-order chi connectivity index (χ0) is 14.0. The quantitative estimate of drug-likeness (QED) is 0.832. The molecular formula is C13H16ClN3O2. The molecule has 0 spiro atoms. The predicted molar refractivity (Wildman–Crippen MR) is 71.8 cm³/mol. The van der Waals surface area contributed by atoms with Gasteiger partial charge in [0.05, 0.1) is 11.5 Å². The Hall–Kier alpha value is -1.62. The number of aryl methyl sites for hydroxylation is 1. The van der Waals surface area contributed by atoms with Crippen molar-refractivity contribution in [3.8, 4) is 0 Å². The number of nitrogens with two attached hydrogens (primary N) is 1. The minimum atomic E-state index is -0.356. The molecule has 1 aromatic rings. The minimum Gasteiger partial charge on any atom is -0.369 e. The van der Waals surface area contributed by atoms with E-state index >= 15 is 0 Å². The maximum atomic E-state index is 12.3. The Morgan fingerprint density at radius 1 is 1.47 bits per heavy atom. The van der Waals surface area contributed by atoms with Crippen LogP contribution < -0.4 is 5.73 Å². The van der Waals surface area contributed by atoms with E-state index in [4.69, 9.17) is 17.3 Å². The number of pyridine rings is 1. The van der Waals surface area contributed by atoms with Crippen LogP contribution in [-0.2, 0) is 4.79 Å². The number of halogens is 1. The summed E-state index contributed by atoms with van der Waals surface area (Å²) in [6, 6.07) is 3.41. The summed E-state index contributed by atoms with van der Waals surface area (Å²) < 4.78 is 0. The molecule has 6 heteroatoms. The molecule has 0 aromatic carbocycles. The van der Waals surface area contributed by atoms with E-state index in [1.807, 2.05) is 6.92 Å². The van der Waals surface area contributed by atoms with Gasteiger partial charge < -0.3 is 10.6 Å². The fourth-order valence-electron chi connectivity index (χ4n) is 2.25. The molecule has 1 aliphatic rings. The number of carbonyl (C=O) groups excluding carboxylic acids is 2. The molecule has 102 valence electrons. The Bertz CT molecular complexity index is 519. The summed E-state index contributed by atoms with van der Waals surface area (Å²) in [5, 5.41) is 0.200. The fourth-order valence-corrected chi connectivity index (χ4v) is 2.53. The number of hydrogen-bond acceptors (Lipinski definition) is 3. The number of amides is 2. The van der Waals surface area contributed by atoms with Crippen molar-refractivity contribution in [3.05, 3.63) is 28.5 Å². The molecule has 0 saturated carbocycles. The zero-order valence-electron chi connectivity index (χ0n) is 10.7. The van der Waals surface area contributed by atoms with E-state index in [9.17, 15) is 9.59 Å².